The van der Waals surface area contributed by atoms with Crippen molar-refractivity contribution in [1.82, 2.24) is 0 Å². The van der Waals surface area contributed by atoms with Crippen LogP contribution >= 0.6 is 0 Å². The Morgan fingerprint density at radius 1 is 1.27 bits per heavy atom. The van der Waals surface area contributed by atoms with Crippen LogP contribution in [0.1, 0.15) is 93.9 Å². The molecule has 0 aromatic carbocycles. The Labute approximate surface area is 182 Å². The summed E-state index contributed by atoms with van der Waals surface area (Å²) < 4.78 is 4.88. The number of rotatable bonds is 12. The van der Waals surface area contributed by atoms with Crippen LogP contribution in [-0.2, 0) is 19.2 Å². The van der Waals surface area contributed by atoms with E-state index in [0.29, 0.717) is 12.3 Å². The molecule has 0 amide bonds. The minimum atomic E-state index is -1.13. The van der Waals surface area contributed by atoms with Crippen LogP contribution in [0.2, 0.25) is 0 Å². The van der Waals surface area contributed by atoms with Crippen LogP contribution in [0.25, 0.3) is 0 Å². The molecule has 1 aliphatic rings. The van der Waals surface area contributed by atoms with Gasteiger partial charge in [0.2, 0.25) is 0 Å². The van der Waals surface area contributed by atoms with Gasteiger partial charge in [-0.05, 0) is 48.9 Å². The zero-order valence-corrected chi connectivity index (χ0v) is 20.2. The smallest absolute Gasteiger partial charge is 0.321 e. The molecule has 0 bridgehead atoms. The molecule has 0 aliphatic carbocycles. The van der Waals surface area contributed by atoms with Gasteiger partial charge in [0.1, 0.15) is 0 Å². The molecule has 0 radical (unpaired) electrons. The normalized spacial score (nSPS) is 21.7. The van der Waals surface area contributed by atoms with E-state index in [-0.39, 0.29) is 11.8 Å². The van der Waals surface area contributed by atoms with Gasteiger partial charge in [-0.3, -0.25) is 14.4 Å². The zero-order chi connectivity index (χ0) is 23.3. The largest absolute Gasteiger partial charge is 0.393 e. The second-order valence-corrected chi connectivity index (χ2v) is 11.1. The summed E-state index contributed by atoms with van der Waals surface area (Å²) >= 11 is 0. The van der Waals surface area contributed by atoms with E-state index in [2.05, 4.69) is 47.6 Å². The Kier molecular flexibility index (Phi) is 9.27. The van der Waals surface area contributed by atoms with Gasteiger partial charge in [0.05, 0.1) is 12.3 Å². The molecule has 3 N–H and O–H groups in total. The molecule has 3 unspecified atom stereocenters. The molecular formula is C24H43NO5. The molecule has 1 heterocycles. The summed E-state index contributed by atoms with van der Waals surface area (Å²) in [7, 11) is 0. The zero-order valence-electron chi connectivity index (χ0n) is 20.2. The molecule has 6 heteroatoms. The molecule has 1 aliphatic heterocycles. The molecule has 0 aromatic heterocycles. The maximum atomic E-state index is 12.5. The van der Waals surface area contributed by atoms with Crippen molar-refractivity contribution in [2.24, 2.45) is 34.0 Å². The van der Waals surface area contributed by atoms with Crippen LogP contribution in [-0.4, -0.2) is 23.3 Å². The minimum absolute atomic E-state index is 0.0754. The number of allylic oxidation sites excluding steroid dienone is 1. The fourth-order valence-corrected chi connectivity index (χ4v) is 5.06. The number of aliphatic hydroxyl groups is 1. The summed E-state index contributed by atoms with van der Waals surface area (Å²) in [6.07, 6.45) is 5.31. The average molecular weight is 426 g/mol. The van der Waals surface area contributed by atoms with Crippen molar-refractivity contribution < 1.29 is 24.3 Å². The second-order valence-electron chi connectivity index (χ2n) is 11.1. The number of ether oxygens (including phenoxy) is 1. The fourth-order valence-electron chi connectivity index (χ4n) is 5.06. The summed E-state index contributed by atoms with van der Waals surface area (Å²) in [4.78, 5) is 29.0. The fraction of sp³-hybridized carbons (Fsp3) is 0.833. The van der Waals surface area contributed by atoms with E-state index in [1.807, 2.05) is 13.8 Å². The Hall–Kier alpha value is -1.24. The van der Waals surface area contributed by atoms with Crippen molar-refractivity contribution in [1.29, 1.82) is 0 Å². The lowest BCUT2D eigenvalue weighted by atomic mass is 9.64. The van der Waals surface area contributed by atoms with E-state index < -0.39 is 35.0 Å². The SMILES string of the molecule is CCC(C)(CC(C)(C)C(O)ON)C(=CCCC(C)(C)CC(C)C)C1CC(=O)OC1=O. The van der Waals surface area contributed by atoms with Crippen LogP contribution in [0.15, 0.2) is 11.6 Å². The Morgan fingerprint density at radius 2 is 1.87 bits per heavy atom. The number of aliphatic hydroxyl groups excluding tert-OH is 1. The molecular weight excluding hydrogens is 382 g/mol. The molecule has 0 aromatic rings. The van der Waals surface area contributed by atoms with Crippen molar-refractivity contribution in [3.8, 4) is 0 Å². The topological polar surface area (TPSA) is 98.9 Å². The van der Waals surface area contributed by atoms with Gasteiger partial charge >= 0.3 is 11.9 Å². The molecule has 1 rings (SSSR count). The first-order chi connectivity index (χ1) is 13.7. The lowest BCUT2D eigenvalue weighted by Gasteiger charge is -2.41. The molecule has 6 nitrogen and oxygen atoms in total. The maximum absolute atomic E-state index is 12.5. The van der Waals surface area contributed by atoms with Gasteiger partial charge in [-0.2, -0.15) is 0 Å². The first kappa shape index (κ1) is 26.8. The van der Waals surface area contributed by atoms with Crippen LogP contribution in [0, 0.1) is 28.1 Å². The Bertz CT molecular complexity index is 638. The minimum Gasteiger partial charge on any atom is -0.393 e. The second kappa shape index (κ2) is 10.4. The molecule has 1 fully saturated rings. The van der Waals surface area contributed by atoms with E-state index in [4.69, 9.17) is 15.5 Å². The number of hydrogen-bond donors (Lipinski definition) is 2. The highest BCUT2D eigenvalue weighted by Crippen LogP contribution is 2.48. The summed E-state index contributed by atoms with van der Waals surface area (Å²) in [5.74, 6) is 4.35. The van der Waals surface area contributed by atoms with Gasteiger partial charge in [0.15, 0.2) is 6.29 Å². The van der Waals surface area contributed by atoms with E-state index in [0.717, 1.165) is 31.3 Å². The summed E-state index contributed by atoms with van der Waals surface area (Å²) in [5, 5.41) is 10.2. The van der Waals surface area contributed by atoms with Crippen LogP contribution in [0.3, 0.4) is 0 Å². The Morgan fingerprint density at radius 3 is 2.30 bits per heavy atom. The third-order valence-corrected chi connectivity index (χ3v) is 6.51. The van der Waals surface area contributed by atoms with Gasteiger partial charge in [0, 0.05) is 5.41 Å². The molecule has 1 saturated heterocycles. The monoisotopic (exact) mass is 425 g/mol. The third kappa shape index (κ3) is 7.17. The molecule has 3 atom stereocenters. The maximum Gasteiger partial charge on any atom is 0.321 e. The number of esters is 2. The number of carbonyl (C=O) groups excluding carboxylic acids is 2. The van der Waals surface area contributed by atoms with Gasteiger partial charge in [-0.1, -0.05) is 67.0 Å². The van der Waals surface area contributed by atoms with Crippen LogP contribution < -0.4 is 5.90 Å². The van der Waals surface area contributed by atoms with Gasteiger partial charge in [-0.15, -0.1) is 0 Å². The highest BCUT2D eigenvalue weighted by molar-refractivity contribution is 5.96. The molecule has 0 saturated carbocycles. The summed E-state index contributed by atoms with van der Waals surface area (Å²) in [5.41, 5.74) is 0.0629. The lowest BCUT2D eigenvalue weighted by molar-refractivity contribution is -0.176. The lowest BCUT2D eigenvalue weighted by Crippen LogP contribution is -2.40. The van der Waals surface area contributed by atoms with Crippen LogP contribution in [0.5, 0.6) is 0 Å². The summed E-state index contributed by atoms with van der Waals surface area (Å²) in [6.45, 7) is 16.9. The van der Waals surface area contributed by atoms with E-state index in [1.54, 1.807) is 0 Å². The van der Waals surface area contributed by atoms with Crippen molar-refractivity contribution >= 4 is 11.9 Å². The van der Waals surface area contributed by atoms with E-state index in [1.165, 1.54) is 0 Å². The van der Waals surface area contributed by atoms with E-state index in [9.17, 15) is 14.7 Å². The van der Waals surface area contributed by atoms with Crippen molar-refractivity contribution in [3.05, 3.63) is 11.6 Å². The quantitative estimate of drug-likeness (QED) is 0.152. The highest BCUT2D eigenvalue weighted by atomic mass is 16.7. The third-order valence-electron chi connectivity index (χ3n) is 6.51. The number of carbonyl (C=O) groups is 2. The van der Waals surface area contributed by atoms with Crippen molar-refractivity contribution in [2.45, 2.75) is 100 Å². The van der Waals surface area contributed by atoms with Crippen molar-refractivity contribution in [3.63, 3.8) is 0 Å². The summed E-state index contributed by atoms with van der Waals surface area (Å²) in [6, 6.07) is 0. The van der Waals surface area contributed by atoms with E-state index >= 15 is 0 Å². The number of cyclic esters (lactones) is 2. The Balaban J connectivity index is 3.24. The predicted molar refractivity (Wildman–Crippen MR) is 118 cm³/mol. The highest BCUT2D eigenvalue weighted by Gasteiger charge is 2.46. The standard InChI is InChI=1S/C24H43NO5/c1-9-24(8,15-23(6,7)21(28)30-25)18(17-13-19(26)29-20(17)27)11-10-12-22(4,5)14-16(2)3/h11,16-17,21,28H,9-10,12-15,25H2,1-8H3. The van der Waals surface area contributed by atoms with Gasteiger partial charge in [-0.25, -0.2) is 5.90 Å². The first-order valence-electron chi connectivity index (χ1n) is 11.2. The average Bonchev–Trinajstić information content (AvgIpc) is 2.93. The van der Waals surface area contributed by atoms with Crippen LogP contribution in [0.4, 0.5) is 0 Å². The number of hydrogen-bond acceptors (Lipinski definition) is 6. The number of nitrogens with two attached hydrogens (primary N) is 1. The van der Waals surface area contributed by atoms with Crippen molar-refractivity contribution in [2.75, 3.05) is 0 Å². The molecule has 30 heavy (non-hydrogen) atoms. The first-order valence-corrected chi connectivity index (χ1v) is 11.2. The molecule has 174 valence electrons. The predicted octanol–water partition coefficient (Wildman–Crippen LogP) is 4.90. The van der Waals surface area contributed by atoms with Gasteiger partial charge in [0.25, 0.3) is 0 Å². The molecule has 0 spiro atoms. The van der Waals surface area contributed by atoms with Gasteiger partial charge < -0.3 is 9.84 Å².